The molecule has 0 aliphatic rings. The zero-order valence-corrected chi connectivity index (χ0v) is 13.6. The second-order valence-electron chi connectivity index (χ2n) is 6.26. The molecule has 0 aliphatic heterocycles. The molecule has 0 saturated heterocycles. The quantitative estimate of drug-likeness (QED) is 0.660. The maximum atomic E-state index is 9.88. The largest absolute Gasteiger partial charge is 0.508 e. The fourth-order valence-electron chi connectivity index (χ4n) is 2.76. The maximum absolute atomic E-state index is 9.88. The molecule has 0 aromatic heterocycles. The first kappa shape index (κ1) is 17.3. The van der Waals surface area contributed by atoms with E-state index in [2.05, 4.69) is 13.8 Å². The maximum Gasteiger partial charge on any atom is 0.118 e. The number of phenolic OH excluding ortho intramolecular Hbond substituents is 2. The minimum Gasteiger partial charge on any atom is -0.508 e. The van der Waals surface area contributed by atoms with Gasteiger partial charge in [0.2, 0.25) is 0 Å². The molecular formula is C19H24O4. The molecule has 0 saturated carbocycles. The van der Waals surface area contributed by atoms with Gasteiger partial charge in [0.1, 0.15) is 11.5 Å². The Morgan fingerprint density at radius 3 is 1.48 bits per heavy atom. The lowest BCUT2D eigenvalue weighted by Crippen LogP contribution is -2.19. The highest BCUT2D eigenvalue weighted by Crippen LogP contribution is 2.35. The summed E-state index contributed by atoms with van der Waals surface area (Å²) in [5.74, 6) is 0.371. The molecule has 0 bridgehead atoms. The van der Waals surface area contributed by atoms with Crippen molar-refractivity contribution in [3.63, 3.8) is 0 Å². The first-order valence-electron chi connectivity index (χ1n) is 7.76. The van der Waals surface area contributed by atoms with Crippen LogP contribution >= 0.6 is 0 Å². The highest BCUT2D eigenvalue weighted by Gasteiger charge is 2.25. The van der Waals surface area contributed by atoms with Crippen LogP contribution in [0.25, 0.3) is 0 Å². The lowest BCUT2D eigenvalue weighted by Gasteiger charge is -2.27. The van der Waals surface area contributed by atoms with Gasteiger partial charge in [-0.3, -0.25) is 0 Å². The normalized spacial score (nSPS) is 11.7. The third-order valence-electron chi connectivity index (χ3n) is 4.36. The van der Waals surface area contributed by atoms with Crippen molar-refractivity contribution >= 4 is 0 Å². The van der Waals surface area contributed by atoms with Gasteiger partial charge in [-0.2, -0.15) is 0 Å². The molecule has 0 radical (unpaired) electrons. The van der Waals surface area contributed by atoms with E-state index < -0.39 is 0 Å². The van der Waals surface area contributed by atoms with E-state index in [0.29, 0.717) is 24.0 Å². The molecule has 0 aliphatic carbocycles. The third kappa shape index (κ3) is 3.66. The first-order valence-corrected chi connectivity index (χ1v) is 7.76. The Morgan fingerprint density at radius 1 is 0.739 bits per heavy atom. The smallest absolute Gasteiger partial charge is 0.118 e. The van der Waals surface area contributed by atoms with Gasteiger partial charge >= 0.3 is 0 Å². The molecule has 2 aromatic rings. The molecule has 0 fully saturated rings. The zero-order chi connectivity index (χ0) is 17.0. The summed E-state index contributed by atoms with van der Waals surface area (Å²) in [6.45, 7) is 4.10. The topological polar surface area (TPSA) is 80.9 Å². The van der Waals surface area contributed by atoms with Crippen LogP contribution in [0.15, 0.2) is 36.4 Å². The molecule has 2 rings (SSSR count). The summed E-state index contributed by atoms with van der Waals surface area (Å²) >= 11 is 0. The highest BCUT2D eigenvalue weighted by molar-refractivity contribution is 5.47. The molecule has 2 aromatic carbocycles. The van der Waals surface area contributed by atoms with Gasteiger partial charge in [-0.1, -0.05) is 38.1 Å². The van der Waals surface area contributed by atoms with Crippen LogP contribution in [0.3, 0.4) is 0 Å². The van der Waals surface area contributed by atoms with Gasteiger partial charge in [0.15, 0.2) is 0 Å². The number of hydrogen-bond acceptors (Lipinski definition) is 4. The van der Waals surface area contributed by atoms with Crippen LogP contribution in [0, 0.1) is 0 Å². The van der Waals surface area contributed by atoms with Crippen molar-refractivity contribution in [3.8, 4) is 11.5 Å². The van der Waals surface area contributed by atoms with Gasteiger partial charge in [-0.15, -0.1) is 0 Å². The van der Waals surface area contributed by atoms with Crippen LogP contribution in [0.5, 0.6) is 11.5 Å². The van der Waals surface area contributed by atoms with E-state index >= 15 is 0 Å². The monoisotopic (exact) mass is 316 g/mol. The van der Waals surface area contributed by atoms with Crippen LogP contribution in [0.1, 0.15) is 36.1 Å². The Hall–Kier alpha value is -2.04. The molecular weight excluding hydrogens is 292 g/mol. The molecule has 0 unspecified atom stereocenters. The number of benzene rings is 2. The van der Waals surface area contributed by atoms with Crippen LogP contribution in [-0.2, 0) is 18.3 Å². The lowest BCUT2D eigenvalue weighted by molar-refractivity contribution is 0.297. The van der Waals surface area contributed by atoms with Crippen LogP contribution < -0.4 is 0 Å². The van der Waals surface area contributed by atoms with E-state index in [1.54, 1.807) is 12.1 Å². The van der Waals surface area contributed by atoms with Crippen LogP contribution in [0.2, 0.25) is 0 Å². The summed E-state index contributed by atoms with van der Waals surface area (Å²) in [6, 6.07) is 10.9. The van der Waals surface area contributed by atoms with E-state index in [0.717, 1.165) is 11.1 Å². The van der Waals surface area contributed by atoms with Crippen molar-refractivity contribution < 1.29 is 20.4 Å². The predicted octanol–water partition coefficient (Wildman–Crippen LogP) is 2.49. The number of phenols is 2. The van der Waals surface area contributed by atoms with Crippen LogP contribution in [-0.4, -0.2) is 33.6 Å². The van der Waals surface area contributed by atoms with Gasteiger partial charge in [-0.05, 0) is 47.2 Å². The number of aromatic hydroxyl groups is 2. The molecule has 0 amide bonds. The SMILES string of the molecule is CC(C)(c1ccc(O)c(CCO)c1)c1ccc(O)c(CCO)c1. The fourth-order valence-corrected chi connectivity index (χ4v) is 2.76. The molecule has 0 atom stereocenters. The zero-order valence-electron chi connectivity index (χ0n) is 13.6. The average Bonchev–Trinajstić information content (AvgIpc) is 2.51. The summed E-state index contributed by atoms with van der Waals surface area (Å²) in [5, 5.41) is 38.0. The van der Waals surface area contributed by atoms with Crippen molar-refractivity contribution in [1.82, 2.24) is 0 Å². The van der Waals surface area contributed by atoms with E-state index in [9.17, 15) is 10.2 Å². The van der Waals surface area contributed by atoms with E-state index in [1.165, 1.54) is 0 Å². The average molecular weight is 316 g/mol. The van der Waals surface area contributed by atoms with Gasteiger partial charge < -0.3 is 20.4 Å². The Kier molecular flexibility index (Phi) is 5.29. The van der Waals surface area contributed by atoms with Crippen molar-refractivity contribution in [2.24, 2.45) is 0 Å². The van der Waals surface area contributed by atoms with E-state index in [-0.39, 0.29) is 30.1 Å². The lowest BCUT2D eigenvalue weighted by atomic mass is 9.77. The summed E-state index contributed by atoms with van der Waals surface area (Å²) in [7, 11) is 0. The first-order chi connectivity index (χ1) is 10.9. The van der Waals surface area contributed by atoms with Gasteiger partial charge in [0.25, 0.3) is 0 Å². The van der Waals surface area contributed by atoms with Crippen molar-refractivity contribution in [3.05, 3.63) is 58.7 Å². The third-order valence-corrected chi connectivity index (χ3v) is 4.36. The Balaban J connectivity index is 2.45. The molecule has 124 valence electrons. The second kappa shape index (κ2) is 7.02. The van der Waals surface area contributed by atoms with Crippen molar-refractivity contribution in [2.45, 2.75) is 32.1 Å². The number of aliphatic hydroxyl groups is 2. The molecule has 0 heterocycles. The van der Waals surface area contributed by atoms with Gasteiger partial charge in [0, 0.05) is 18.6 Å². The molecule has 4 nitrogen and oxygen atoms in total. The molecule has 23 heavy (non-hydrogen) atoms. The van der Waals surface area contributed by atoms with Crippen LogP contribution in [0.4, 0.5) is 0 Å². The van der Waals surface area contributed by atoms with Crippen molar-refractivity contribution in [2.75, 3.05) is 13.2 Å². The van der Waals surface area contributed by atoms with Crippen molar-refractivity contribution in [1.29, 1.82) is 0 Å². The summed E-state index contributed by atoms with van der Waals surface area (Å²) in [5.41, 5.74) is 3.12. The minimum absolute atomic E-state index is 0.0166. The molecule has 0 spiro atoms. The number of hydrogen-bond donors (Lipinski definition) is 4. The summed E-state index contributed by atoms with van der Waals surface area (Å²) < 4.78 is 0. The molecule has 4 heteroatoms. The standard InChI is InChI=1S/C19H24O4/c1-19(2,15-3-5-17(22)13(11-15)7-9-20)16-4-6-18(23)14(12-16)8-10-21/h3-6,11-12,20-23H,7-10H2,1-2H3. The predicted molar refractivity (Wildman–Crippen MR) is 89.9 cm³/mol. The van der Waals surface area contributed by atoms with E-state index in [1.807, 2.05) is 24.3 Å². The highest BCUT2D eigenvalue weighted by atomic mass is 16.3. The second-order valence-corrected chi connectivity index (χ2v) is 6.26. The fraction of sp³-hybridized carbons (Fsp3) is 0.368. The number of rotatable bonds is 6. The van der Waals surface area contributed by atoms with E-state index in [4.69, 9.17) is 10.2 Å². The molecule has 4 N–H and O–H groups in total. The summed E-state index contributed by atoms with van der Waals surface area (Å²) in [4.78, 5) is 0. The Labute approximate surface area is 136 Å². The van der Waals surface area contributed by atoms with Gasteiger partial charge in [-0.25, -0.2) is 0 Å². The Morgan fingerprint density at radius 2 is 1.13 bits per heavy atom. The van der Waals surface area contributed by atoms with Gasteiger partial charge in [0.05, 0.1) is 0 Å². The minimum atomic E-state index is -0.337. The summed E-state index contributed by atoms with van der Waals surface area (Å²) in [6.07, 6.45) is 0.808. The number of aliphatic hydroxyl groups excluding tert-OH is 2. The Bertz CT molecular complexity index is 620.